The standard InChI is InChI=1S/C22H22N2O7S/c1-13-12-32(28)21-18(23-17(25)10-16-4-3-9-30-16)20(26)24(21)19(13)22(27)31-11-14-5-7-15(29-2)8-6-14/h3-9,18-19,21H,1,10-12H2,2H3,(H,23,25)/t18?,19?,21-,32?/m1/s1. The monoisotopic (exact) mass is 458 g/mol. The van der Waals surface area contributed by atoms with Crippen molar-refractivity contribution in [3.63, 3.8) is 0 Å². The lowest BCUT2D eigenvalue weighted by Gasteiger charge is -2.52. The molecule has 2 saturated heterocycles. The van der Waals surface area contributed by atoms with Crippen LogP contribution in [0, 0.1) is 0 Å². The summed E-state index contributed by atoms with van der Waals surface area (Å²) in [6.45, 7) is 3.84. The summed E-state index contributed by atoms with van der Waals surface area (Å²) in [5.74, 6) is -0.411. The molecular weight excluding hydrogens is 436 g/mol. The number of nitrogens with one attached hydrogen (secondary N) is 1. The first kappa shape index (κ1) is 21.8. The Balaban J connectivity index is 1.40. The number of ether oxygens (including phenoxy) is 2. The van der Waals surface area contributed by atoms with Gasteiger partial charge in [0.1, 0.15) is 29.5 Å². The highest BCUT2D eigenvalue weighted by Crippen LogP contribution is 2.35. The van der Waals surface area contributed by atoms with Gasteiger partial charge in [-0.2, -0.15) is 0 Å². The second kappa shape index (κ2) is 8.99. The summed E-state index contributed by atoms with van der Waals surface area (Å²) >= 11 is 0. The Morgan fingerprint density at radius 2 is 2.03 bits per heavy atom. The Hall–Kier alpha value is -3.40. The van der Waals surface area contributed by atoms with Crippen LogP contribution in [0.2, 0.25) is 0 Å². The number of amides is 2. The number of nitrogens with zero attached hydrogens (tertiary/aromatic N) is 1. The molecule has 0 saturated carbocycles. The second-order valence-electron chi connectivity index (χ2n) is 7.48. The SMILES string of the molecule is C=C1CS(=O)[C@@H]2C(NC(=O)Cc3ccco3)C(=O)N2C1C(=O)OCc1ccc(OC)cc1. The van der Waals surface area contributed by atoms with Crippen LogP contribution in [0.1, 0.15) is 11.3 Å². The van der Waals surface area contributed by atoms with Crippen LogP contribution in [-0.4, -0.2) is 57.2 Å². The summed E-state index contributed by atoms with van der Waals surface area (Å²) in [6, 6.07) is 8.31. The van der Waals surface area contributed by atoms with Gasteiger partial charge >= 0.3 is 5.97 Å². The van der Waals surface area contributed by atoms with Gasteiger partial charge in [-0.3, -0.25) is 13.8 Å². The summed E-state index contributed by atoms with van der Waals surface area (Å²) in [4.78, 5) is 39.0. The summed E-state index contributed by atoms with van der Waals surface area (Å²) in [5.41, 5.74) is 1.09. The minimum absolute atomic E-state index is 0.00566. The zero-order chi connectivity index (χ0) is 22.8. The Labute approximate surface area is 186 Å². The molecule has 1 N–H and O–H groups in total. The molecule has 2 amide bonds. The molecular formula is C22H22N2O7S. The zero-order valence-corrected chi connectivity index (χ0v) is 18.1. The normalized spacial score (nSPS) is 24.3. The first-order valence-corrected chi connectivity index (χ1v) is 11.3. The van der Waals surface area contributed by atoms with E-state index in [9.17, 15) is 18.6 Å². The van der Waals surface area contributed by atoms with Crippen molar-refractivity contribution in [2.24, 2.45) is 0 Å². The molecule has 1 aromatic heterocycles. The molecule has 0 radical (unpaired) electrons. The van der Waals surface area contributed by atoms with Gasteiger partial charge in [0, 0.05) is 5.75 Å². The molecule has 0 aliphatic carbocycles. The first-order valence-electron chi connectivity index (χ1n) is 9.87. The summed E-state index contributed by atoms with van der Waals surface area (Å²) in [7, 11) is 0.0570. The molecule has 2 aromatic rings. The number of hydrogen-bond acceptors (Lipinski definition) is 7. The van der Waals surface area contributed by atoms with Crippen molar-refractivity contribution in [2.45, 2.75) is 30.5 Å². The molecule has 3 heterocycles. The van der Waals surface area contributed by atoms with Crippen molar-refractivity contribution in [2.75, 3.05) is 12.9 Å². The predicted molar refractivity (Wildman–Crippen MR) is 114 cm³/mol. The van der Waals surface area contributed by atoms with Crippen molar-refractivity contribution < 1.29 is 32.5 Å². The quantitative estimate of drug-likeness (QED) is 0.373. The van der Waals surface area contributed by atoms with E-state index in [1.165, 1.54) is 11.2 Å². The van der Waals surface area contributed by atoms with Gasteiger partial charge in [-0.15, -0.1) is 0 Å². The van der Waals surface area contributed by atoms with Crippen molar-refractivity contribution in [1.82, 2.24) is 10.2 Å². The minimum atomic E-state index is -1.50. The predicted octanol–water partition coefficient (Wildman–Crippen LogP) is 0.914. The molecule has 0 bridgehead atoms. The van der Waals surface area contributed by atoms with Crippen molar-refractivity contribution in [1.29, 1.82) is 0 Å². The third kappa shape index (κ3) is 4.18. The Morgan fingerprint density at radius 3 is 2.69 bits per heavy atom. The topological polar surface area (TPSA) is 115 Å². The van der Waals surface area contributed by atoms with E-state index in [0.29, 0.717) is 17.1 Å². The lowest BCUT2D eigenvalue weighted by molar-refractivity contribution is -0.164. The number of fused-ring (bicyclic) bond motifs is 1. The van der Waals surface area contributed by atoms with Gasteiger partial charge in [0.25, 0.3) is 0 Å². The Kier molecular flexibility index (Phi) is 6.13. The fourth-order valence-corrected chi connectivity index (χ4v) is 5.41. The number of methoxy groups -OCH3 is 1. The third-order valence-electron chi connectivity index (χ3n) is 5.34. The van der Waals surface area contributed by atoms with Crippen LogP contribution in [0.5, 0.6) is 5.75 Å². The Bertz CT molecular complexity index is 1060. The maximum absolute atomic E-state index is 12.8. The van der Waals surface area contributed by atoms with Gasteiger partial charge in [-0.1, -0.05) is 18.7 Å². The van der Waals surface area contributed by atoms with Crippen molar-refractivity contribution in [3.8, 4) is 5.75 Å². The zero-order valence-electron chi connectivity index (χ0n) is 17.3. The molecule has 3 unspecified atom stereocenters. The lowest BCUT2D eigenvalue weighted by Crippen LogP contribution is -2.77. The molecule has 4 rings (SSSR count). The second-order valence-corrected chi connectivity index (χ2v) is 9.01. The average Bonchev–Trinajstić information content (AvgIpc) is 3.29. The van der Waals surface area contributed by atoms with Gasteiger partial charge in [-0.05, 0) is 35.4 Å². The largest absolute Gasteiger partial charge is 0.497 e. The van der Waals surface area contributed by atoms with Crippen LogP contribution in [0.3, 0.4) is 0 Å². The maximum Gasteiger partial charge on any atom is 0.333 e. The molecule has 0 spiro atoms. The molecule has 32 heavy (non-hydrogen) atoms. The van der Waals surface area contributed by atoms with Crippen LogP contribution in [-0.2, 0) is 42.9 Å². The fourth-order valence-electron chi connectivity index (χ4n) is 3.75. The highest BCUT2D eigenvalue weighted by Gasteiger charge is 2.59. The number of furan rings is 1. The lowest BCUT2D eigenvalue weighted by atomic mass is 9.98. The van der Waals surface area contributed by atoms with Crippen molar-refractivity contribution >= 4 is 28.6 Å². The fraction of sp³-hybridized carbons (Fsp3) is 0.318. The van der Waals surface area contributed by atoms with Crippen LogP contribution < -0.4 is 10.1 Å². The smallest absolute Gasteiger partial charge is 0.333 e. The van der Waals surface area contributed by atoms with E-state index in [2.05, 4.69) is 11.9 Å². The number of benzene rings is 1. The number of esters is 1. The summed E-state index contributed by atoms with van der Waals surface area (Å²) in [5, 5.41) is 1.79. The Morgan fingerprint density at radius 1 is 1.28 bits per heavy atom. The summed E-state index contributed by atoms with van der Waals surface area (Å²) < 4.78 is 28.3. The van der Waals surface area contributed by atoms with Crippen LogP contribution in [0.15, 0.2) is 59.2 Å². The van der Waals surface area contributed by atoms with E-state index in [-0.39, 0.29) is 18.8 Å². The van der Waals surface area contributed by atoms with Gasteiger partial charge in [0.05, 0.1) is 30.6 Å². The maximum atomic E-state index is 12.8. The molecule has 10 heteroatoms. The number of carbonyl (C=O) groups excluding carboxylic acids is 3. The van der Waals surface area contributed by atoms with Gasteiger partial charge in [0.2, 0.25) is 11.8 Å². The van der Waals surface area contributed by atoms with Crippen LogP contribution in [0.25, 0.3) is 0 Å². The minimum Gasteiger partial charge on any atom is -0.497 e. The first-order chi connectivity index (χ1) is 15.4. The highest BCUT2D eigenvalue weighted by molar-refractivity contribution is 7.86. The number of β-lactam (4-membered cyclic amide) rings is 1. The van der Waals surface area contributed by atoms with E-state index in [1.807, 2.05) is 0 Å². The molecule has 2 fully saturated rings. The van der Waals surface area contributed by atoms with E-state index in [4.69, 9.17) is 13.9 Å². The van der Waals surface area contributed by atoms with Crippen molar-refractivity contribution in [3.05, 3.63) is 66.1 Å². The molecule has 1 aromatic carbocycles. The van der Waals surface area contributed by atoms with Crippen LogP contribution in [0.4, 0.5) is 0 Å². The van der Waals surface area contributed by atoms with E-state index < -0.39 is 46.0 Å². The molecule has 2 aliphatic heterocycles. The van der Waals surface area contributed by atoms with Crippen LogP contribution >= 0.6 is 0 Å². The number of carbonyl (C=O) groups is 3. The highest BCUT2D eigenvalue weighted by atomic mass is 32.2. The van der Waals surface area contributed by atoms with Gasteiger partial charge in [-0.25, -0.2) is 4.79 Å². The number of rotatable bonds is 7. The summed E-state index contributed by atoms with van der Waals surface area (Å²) in [6.07, 6.45) is 1.40. The van der Waals surface area contributed by atoms with E-state index in [1.54, 1.807) is 43.5 Å². The number of hydrogen-bond donors (Lipinski definition) is 1. The molecule has 2 aliphatic rings. The third-order valence-corrected chi connectivity index (χ3v) is 7.03. The van der Waals surface area contributed by atoms with Gasteiger partial charge < -0.3 is 24.1 Å². The van der Waals surface area contributed by atoms with E-state index in [0.717, 1.165) is 5.56 Å². The van der Waals surface area contributed by atoms with Gasteiger partial charge in [0.15, 0.2) is 6.04 Å². The molecule has 9 nitrogen and oxygen atoms in total. The molecule has 4 atom stereocenters. The van der Waals surface area contributed by atoms with E-state index >= 15 is 0 Å². The average molecular weight is 458 g/mol. The molecule has 168 valence electrons.